The number of fused-ring (bicyclic) bond motifs is 1. The predicted molar refractivity (Wildman–Crippen MR) is 145 cm³/mol. The van der Waals surface area contributed by atoms with Crippen molar-refractivity contribution in [1.82, 2.24) is 10.2 Å². The molecule has 2 bridgehead atoms. The van der Waals surface area contributed by atoms with Crippen molar-refractivity contribution in [3.63, 3.8) is 0 Å². The Bertz CT molecular complexity index is 1180. The van der Waals surface area contributed by atoms with Gasteiger partial charge in [0.05, 0.1) is 17.9 Å². The van der Waals surface area contributed by atoms with Crippen molar-refractivity contribution in [1.29, 1.82) is 0 Å². The SMILES string of the molecule is O=C(Nc1cccc(Cl)c1)[C@H]1[C@@H]2C=C[C@]3(O2)[C@@H]1C(=O)N(CCC1=CCCCC1)[C@@H]3C(=O)NC1CCCCC1. The fraction of sp³-hybridized carbons (Fsp3) is 0.567. The number of carbonyl (C=O) groups is 3. The van der Waals surface area contributed by atoms with Gasteiger partial charge < -0.3 is 20.3 Å². The lowest BCUT2D eigenvalue weighted by Crippen LogP contribution is -2.56. The largest absolute Gasteiger partial charge is 0.359 e. The van der Waals surface area contributed by atoms with Gasteiger partial charge in [-0.3, -0.25) is 14.4 Å². The van der Waals surface area contributed by atoms with Gasteiger partial charge in [-0.05, 0) is 63.1 Å². The van der Waals surface area contributed by atoms with Crippen LogP contribution in [0.25, 0.3) is 0 Å². The van der Waals surface area contributed by atoms with Crippen LogP contribution in [0.5, 0.6) is 0 Å². The maximum Gasteiger partial charge on any atom is 0.246 e. The van der Waals surface area contributed by atoms with E-state index in [-0.39, 0.29) is 23.8 Å². The molecule has 1 aromatic carbocycles. The van der Waals surface area contributed by atoms with Gasteiger partial charge in [0, 0.05) is 23.3 Å². The molecule has 202 valence electrons. The molecule has 1 aromatic rings. The molecular formula is C30H36ClN3O4. The second-order valence-corrected chi connectivity index (χ2v) is 11.9. The monoisotopic (exact) mass is 537 g/mol. The number of likely N-dealkylation sites (tertiary alicyclic amines) is 1. The molecule has 3 fully saturated rings. The van der Waals surface area contributed by atoms with Crippen molar-refractivity contribution in [2.75, 3.05) is 11.9 Å². The van der Waals surface area contributed by atoms with Crippen molar-refractivity contribution in [2.24, 2.45) is 11.8 Å². The molecule has 5 aliphatic rings. The average molecular weight is 538 g/mol. The van der Waals surface area contributed by atoms with Gasteiger partial charge in [-0.25, -0.2) is 0 Å². The van der Waals surface area contributed by atoms with Crippen LogP contribution in [0.2, 0.25) is 5.02 Å². The zero-order valence-corrected chi connectivity index (χ0v) is 22.4. The molecule has 6 rings (SSSR count). The number of carbonyl (C=O) groups excluding carboxylic acids is 3. The van der Waals surface area contributed by atoms with E-state index in [9.17, 15) is 14.4 Å². The van der Waals surface area contributed by atoms with Gasteiger partial charge >= 0.3 is 0 Å². The van der Waals surface area contributed by atoms with Crippen molar-refractivity contribution >= 4 is 35.0 Å². The number of nitrogens with zero attached hydrogens (tertiary/aromatic N) is 1. The van der Waals surface area contributed by atoms with Crippen molar-refractivity contribution < 1.29 is 19.1 Å². The first-order chi connectivity index (χ1) is 18.5. The summed E-state index contributed by atoms with van der Waals surface area (Å²) in [6.45, 7) is 0.455. The third-order valence-corrected chi connectivity index (χ3v) is 9.26. The lowest BCUT2D eigenvalue weighted by atomic mass is 9.74. The quantitative estimate of drug-likeness (QED) is 0.490. The Morgan fingerprint density at radius 2 is 1.95 bits per heavy atom. The lowest BCUT2D eigenvalue weighted by molar-refractivity contribution is -0.141. The van der Waals surface area contributed by atoms with Crippen LogP contribution in [0.3, 0.4) is 0 Å². The van der Waals surface area contributed by atoms with Gasteiger partial charge in [0.2, 0.25) is 17.7 Å². The zero-order chi connectivity index (χ0) is 26.3. The van der Waals surface area contributed by atoms with E-state index in [1.807, 2.05) is 12.2 Å². The Morgan fingerprint density at radius 1 is 1.11 bits per heavy atom. The number of rotatable bonds is 7. The summed E-state index contributed by atoms with van der Waals surface area (Å²) in [7, 11) is 0. The number of hydrogen-bond donors (Lipinski definition) is 2. The van der Waals surface area contributed by atoms with Crippen molar-refractivity contribution in [3.8, 4) is 0 Å². The molecule has 1 saturated carbocycles. The van der Waals surface area contributed by atoms with E-state index in [0.717, 1.165) is 51.4 Å². The lowest BCUT2D eigenvalue weighted by Gasteiger charge is -2.34. The van der Waals surface area contributed by atoms with Gasteiger partial charge in [-0.2, -0.15) is 0 Å². The highest BCUT2D eigenvalue weighted by atomic mass is 35.5. The molecule has 5 atom stereocenters. The van der Waals surface area contributed by atoms with Gasteiger partial charge in [-0.15, -0.1) is 0 Å². The summed E-state index contributed by atoms with van der Waals surface area (Å²) >= 11 is 6.12. The first-order valence-electron chi connectivity index (χ1n) is 14.2. The first-order valence-corrected chi connectivity index (χ1v) is 14.6. The standard InChI is InChI=1S/C30H36ClN3O4/c31-20-10-7-13-22(18-20)33-27(35)24-23-14-16-30(38-23)25(24)29(37)34(17-15-19-8-3-1-4-9-19)26(30)28(36)32-21-11-5-2-6-12-21/h7-8,10,13-14,16,18,21,23-26H,1-6,9,11-12,15,17H2,(H,32,36)(H,33,35)/t23-,24-,25-,26+,30-/m0/s1. The van der Waals surface area contributed by atoms with Crippen LogP contribution in [0.4, 0.5) is 5.69 Å². The fourth-order valence-electron chi connectivity index (χ4n) is 7.22. The molecule has 3 aliphatic heterocycles. The van der Waals surface area contributed by atoms with Gasteiger partial charge in [0.1, 0.15) is 11.6 Å². The zero-order valence-electron chi connectivity index (χ0n) is 21.7. The Labute approximate surface area is 229 Å². The summed E-state index contributed by atoms with van der Waals surface area (Å²) in [6, 6.07) is 6.30. The summed E-state index contributed by atoms with van der Waals surface area (Å²) in [4.78, 5) is 43.3. The van der Waals surface area contributed by atoms with Gasteiger partial charge in [0.15, 0.2) is 0 Å². The highest BCUT2D eigenvalue weighted by Gasteiger charge is 2.72. The average Bonchev–Trinajstić information content (AvgIpc) is 3.56. The number of benzene rings is 1. The van der Waals surface area contributed by atoms with E-state index in [2.05, 4.69) is 16.7 Å². The van der Waals surface area contributed by atoms with Crippen LogP contribution >= 0.6 is 11.6 Å². The van der Waals surface area contributed by atoms with Gasteiger partial charge in [0.25, 0.3) is 0 Å². The molecule has 0 radical (unpaired) electrons. The molecular weight excluding hydrogens is 502 g/mol. The van der Waals surface area contributed by atoms with E-state index >= 15 is 0 Å². The summed E-state index contributed by atoms with van der Waals surface area (Å²) < 4.78 is 6.46. The van der Waals surface area contributed by atoms with Crippen LogP contribution in [-0.4, -0.2) is 53.0 Å². The second kappa shape index (κ2) is 10.5. The van der Waals surface area contributed by atoms with Crippen LogP contribution in [0.15, 0.2) is 48.1 Å². The number of amides is 3. The number of halogens is 1. The number of hydrogen-bond acceptors (Lipinski definition) is 4. The minimum Gasteiger partial charge on any atom is -0.359 e. The topological polar surface area (TPSA) is 87.7 Å². The van der Waals surface area contributed by atoms with E-state index in [0.29, 0.717) is 17.3 Å². The minimum absolute atomic E-state index is 0.120. The molecule has 1 spiro atoms. The first kappa shape index (κ1) is 25.6. The third kappa shape index (κ3) is 4.58. The maximum atomic E-state index is 14.1. The maximum absolute atomic E-state index is 14.1. The summed E-state index contributed by atoms with van der Waals surface area (Å²) in [6.07, 6.45) is 16.0. The highest BCUT2D eigenvalue weighted by Crippen LogP contribution is 2.55. The minimum atomic E-state index is -1.13. The smallest absolute Gasteiger partial charge is 0.246 e. The summed E-state index contributed by atoms with van der Waals surface area (Å²) in [5.74, 6) is -2.06. The Morgan fingerprint density at radius 3 is 2.71 bits per heavy atom. The molecule has 3 amide bonds. The number of anilines is 1. The predicted octanol–water partition coefficient (Wildman–Crippen LogP) is 4.77. The van der Waals surface area contributed by atoms with E-state index < -0.39 is 29.6 Å². The van der Waals surface area contributed by atoms with E-state index in [1.54, 1.807) is 29.2 Å². The number of ether oxygens (including phenoxy) is 1. The Kier molecular flexibility index (Phi) is 7.08. The van der Waals surface area contributed by atoms with Gasteiger partial charge in [-0.1, -0.05) is 60.7 Å². The third-order valence-electron chi connectivity index (χ3n) is 9.03. The highest BCUT2D eigenvalue weighted by molar-refractivity contribution is 6.30. The van der Waals surface area contributed by atoms with E-state index in [1.165, 1.54) is 18.4 Å². The molecule has 0 aromatic heterocycles. The van der Waals surface area contributed by atoms with Crippen LogP contribution in [-0.2, 0) is 19.1 Å². The number of nitrogens with one attached hydrogen (secondary N) is 2. The molecule has 7 nitrogen and oxygen atoms in total. The molecule has 0 unspecified atom stereocenters. The molecule has 2 aliphatic carbocycles. The normalized spacial score (nSPS) is 32.3. The summed E-state index contributed by atoms with van der Waals surface area (Å²) in [5.41, 5.74) is 0.792. The molecule has 8 heteroatoms. The Hall–Kier alpha value is -2.64. The summed E-state index contributed by atoms with van der Waals surface area (Å²) in [5, 5.41) is 6.70. The van der Waals surface area contributed by atoms with Crippen molar-refractivity contribution in [2.45, 2.75) is 88.0 Å². The van der Waals surface area contributed by atoms with Crippen LogP contribution in [0, 0.1) is 11.8 Å². The van der Waals surface area contributed by atoms with Crippen LogP contribution < -0.4 is 10.6 Å². The molecule has 3 heterocycles. The van der Waals surface area contributed by atoms with E-state index in [4.69, 9.17) is 16.3 Å². The van der Waals surface area contributed by atoms with Crippen LogP contribution in [0.1, 0.15) is 64.2 Å². The second-order valence-electron chi connectivity index (χ2n) is 11.4. The van der Waals surface area contributed by atoms with Crippen molar-refractivity contribution in [3.05, 3.63) is 53.1 Å². The number of allylic oxidation sites excluding steroid dienone is 1. The molecule has 2 N–H and O–H groups in total. The fourth-order valence-corrected chi connectivity index (χ4v) is 7.41. The Balaban J connectivity index is 1.28. The molecule has 2 saturated heterocycles. The molecule has 38 heavy (non-hydrogen) atoms.